The molecule has 0 radical (unpaired) electrons. The summed E-state index contributed by atoms with van der Waals surface area (Å²) in [6.45, 7) is 5.14. The summed E-state index contributed by atoms with van der Waals surface area (Å²) >= 11 is 0. The van der Waals surface area contributed by atoms with E-state index in [1.807, 2.05) is 6.92 Å². The van der Waals surface area contributed by atoms with Crippen molar-refractivity contribution in [1.82, 2.24) is 20.1 Å². The molecule has 1 aromatic carbocycles. The van der Waals surface area contributed by atoms with Crippen LogP contribution in [0, 0.1) is 0 Å². The lowest BCUT2D eigenvalue weighted by Gasteiger charge is -2.20. The van der Waals surface area contributed by atoms with E-state index in [-0.39, 0.29) is 18.4 Å². The number of hydrazone groups is 1. The molecule has 0 saturated carbocycles. The molecular weight excluding hydrogens is 348 g/mol. The number of carbonyl (C=O) groups excluding carboxylic acids is 2. The highest BCUT2D eigenvalue weighted by Gasteiger charge is 2.46. The van der Waals surface area contributed by atoms with E-state index in [1.54, 1.807) is 49.8 Å². The second kappa shape index (κ2) is 6.92. The van der Waals surface area contributed by atoms with Gasteiger partial charge in [-0.1, -0.05) is 13.0 Å². The van der Waals surface area contributed by atoms with E-state index in [0.29, 0.717) is 22.8 Å². The van der Waals surface area contributed by atoms with Gasteiger partial charge in [0.05, 0.1) is 17.4 Å². The topological polar surface area (TPSA) is 113 Å². The van der Waals surface area contributed by atoms with Crippen LogP contribution in [0.25, 0.3) is 0 Å². The lowest BCUT2D eigenvalue weighted by Crippen LogP contribution is -2.45. The number of aromatic nitrogens is 3. The molecule has 2 N–H and O–H groups in total. The summed E-state index contributed by atoms with van der Waals surface area (Å²) in [6.07, 6.45) is 1.65. The Morgan fingerprint density at radius 1 is 1.41 bits per heavy atom. The van der Waals surface area contributed by atoms with Crippen LogP contribution in [0.4, 0.5) is 5.69 Å². The Hall–Kier alpha value is -3.07. The molecule has 1 aliphatic rings. The predicted molar refractivity (Wildman–Crippen MR) is 99.2 cm³/mol. The van der Waals surface area contributed by atoms with Gasteiger partial charge in [0.15, 0.2) is 5.60 Å². The van der Waals surface area contributed by atoms with E-state index in [2.05, 4.69) is 20.5 Å². The van der Waals surface area contributed by atoms with Crippen LogP contribution in [0.3, 0.4) is 0 Å². The average Bonchev–Trinajstić information content (AvgIpc) is 3.19. The van der Waals surface area contributed by atoms with Crippen LogP contribution in [0.2, 0.25) is 0 Å². The summed E-state index contributed by atoms with van der Waals surface area (Å²) in [5, 5.41) is 22.6. The van der Waals surface area contributed by atoms with Crippen LogP contribution in [0.5, 0.6) is 0 Å². The largest absolute Gasteiger partial charge is 0.374 e. The van der Waals surface area contributed by atoms with Gasteiger partial charge >= 0.3 is 0 Å². The number of anilines is 1. The molecule has 2 atom stereocenters. The van der Waals surface area contributed by atoms with Crippen molar-refractivity contribution in [2.45, 2.75) is 38.8 Å². The SMILES string of the molecule is CC[C@]1(O)C(=O)N(c2cccc(C(=O)N[C@H](C)c3ncnn3C)c2)N=C1C. The Morgan fingerprint density at radius 2 is 2.15 bits per heavy atom. The number of hydrogen-bond acceptors (Lipinski definition) is 6. The van der Waals surface area contributed by atoms with Crippen LogP contribution in [-0.4, -0.2) is 43.0 Å². The second-order valence-electron chi connectivity index (χ2n) is 6.50. The fourth-order valence-electron chi connectivity index (χ4n) is 3.01. The minimum absolute atomic E-state index is 0.229. The van der Waals surface area contributed by atoms with E-state index in [4.69, 9.17) is 0 Å². The van der Waals surface area contributed by atoms with Gasteiger partial charge in [-0.3, -0.25) is 14.3 Å². The molecule has 0 aliphatic carbocycles. The number of aryl methyl sites for hydroxylation is 1. The predicted octanol–water partition coefficient (Wildman–Crippen LogP) is 1.17. The maximum absolute atomic E-state index is 12.6. The molecule has 0 saturated heterocycles. The van der Waals surface area contributed by atoms with Crippen LogP contribution < -0.4 is 10.3 Å². The van der Waals surface area contributed by atoms with Crippen molar-refractivity contribution in [1.29, 1.82) is 0 Å². The van der Waals surface area contributed by atoms with E-state index < -0.39 is 11.5 Å². The lowest BCUT2D eigenvalue weighted by atomic mass is 9.95. The summed E-state index contributed by atoms with van der Waals surface area (Å²) < 4.78 is 1.59. The molecule has 2 heterocycles. The number of rotatable bonds is 5. The maximum Gasteiger partial charge on any atom is 0.285 e. The minimum atomic E-state index is -1.60. The molecule has 142 valence electrons. The number of nitrogens with zero attached hydrogens (tertiary/aromatic N) is 5. The van der Waals surface area contributed by atoms with Gasteiger partial charge in [-0.25, -0.2) is 4.98 Å². The summed E-state index contributed by atoms with van der Waals surface area (Å²) in [5.41, 5.74) is -0.476. The van der Waals surface area contributed by atoms with Crippen LogP contribution >= 0.6 is 0 Å². The third-order valence-corrected chi connectivity index (χ3v) is 4.74. The third-order valence-electron chi connectivity index (χ3n) is 4.74. The Labute approximate surface area is 156 Å². The Kier molecular flexibility index (Phi) is 4.79. The average molecular weight is 370 g/mol. The quantitative estimate of drug-likeness (QED) is 0.820. The standard InChI is InChI=1S/C18H22N6O3/c1-5-18(27)12(3)22-24(17(18)26)14-8-6-7-13(9-14)16(25)21-11(2)15-19-10-20-23(15)4/h6-11,27H,5H2,1-4H3,(H,21,25)/t11-,18-/m1/s1. The van der Waals surface area contributed by atoms with E-state index >= 15 is 0 Å². The molecule has 9 nitrogen and oxygen atoms in total. The van der Waals surface area contributed by atoms with Gasteiger partial charge in [0, 0.05) is 12.6 Å². The molecule has 27 heavy (non-hydrogen) atoms. The van der Waals surface area contributed by atoms with E-state index in [0.717, 1.165) is 5.01 Å². The number of benzene rings is 1. The van der Waals surface area contributed by atoms with Crippen molar-refractivity contribution in [2.75, 3.05) is 5.01 Å². The molecule has 9 heteroatoms. The zero-order chi connectivity index (χ0) is 19.8. The normalized spacial score (nSPS) is 20.6. The molecule has 0 spiro atoms. The van der Waals surface area contributed by atoms with Crippen molar-refractivity contribution in [3.63, 3.8) is 0 Å². The molecular formula is C18H22N6O3. The molecule has 0 unspecified atom stereocenters. The second-order valence-corrected chi connectivity index (χ2v) is 6.50. The Morgan fingerprint density at radius 3 is 2.74 bits per heavy atom. The fourth-order valence-corrected chi connectivity index (χ4v) is 3.01. The fraction of sp³-hybridized carbons (Fsp3) is 0.389. The summed E-state index contributed by atoms with van der Waals surface area (Å²) in [7, 11) is 1.75. The van der Waals surface area contributed by atoms with Crippen molar-refractivity contribution in [2.24, 2.45) is 12.1 Å². The molecule has 0 fully saturated rings. The lowest BCUT2D eigenvalue weighted by molar-refractivity contribution is -0.129. The smallest absolute Gasteiger partial charge is 0.285 e. The van der Waals surface area contributed by atoms with E-state index in [9.17, 15) is 14.7 Å². The highest BCUT2D eigenvalue weighted by Crippen LogP contribution is 2.29. The first-order valence-electron chi connectivity index (χ1n) is 8.65. The molecule has 2 aromatic rings. The Balaban J connectivity index is 1.81. The van der Waals surface area contributed by atoms with Crippen molar-refractivity contribution in [3.05, 3.63) is 42.0 Å². The number of nitrogens with one attached hydrogen (secondary N) is 1. The van der Waals surface area contributed by atoms with Gasteiger partial charge in [-0.05, 0) is 38.5 Å². The van der Waals surface area contributed by atoms with E-state index in [1.165, 1.54) is 6.33 Å². The number of carbonyl (C=O) groups is 2. The minimum Gasteiger partial charge on any atom is -0.374 e. The van der Waals surface area contributed by atoms with Gasteiger partial charge in [0.2, 0.25) is 0 Å². The van der Waals surface area contributed by atoms with Gasteiger partial charge in [-0.2, -0.15) is 15.2 Å². The number of amides is 2. The first-order valence-corrected chi connectivity index (χ1v) is 8.65. The molecule has 1 aliphatic heterocycles. The highest BCUT2D eigenvalue weighted by molar-refractivity contribution is 6.21. The molecule has 1 aromatic heterocycles. The van der Waals surface area contributed by atoms with Crippen molar-refractivity contribution < 1.29 is 14.7 Å². The third kappa shape index (κ3) is 3.21. The van der Waals surface area contributed by atoms with Crippen molar-refractivity contribution in [3.8, 4) is 0 Å². The summed E-state index contributed by atoms with van der Waals surface area (Å²) in [4.78, 5) is 29.3. The highest BCUT2D eigenvalue weighted by atomic mass is 16.3. The van der Waals surface area contributed by atoms with Gasteiger partial charge in [0.25, 0.3) is 11.8 Å². The Bertz CT molecular complexity index is 921. The molecule has 3 rings (SSSR count). The number of hydrogen-bond donors (Lipinski definition) is 2. The number of aliphatic hydroxyl groups is 1. The zero-order valence-electron chi connectivity index (χ0n) is 15.7. The van der Waals surface area contributed by atoms with Crippen LogP contribution in [0.1, 0.15) is 49.4 Å². The summed E-state index contributed by atoms with van der Waals surface area (Å²) in [5.74, 6) is -0.208. The first kappa shape index (κ1) is 18.7. The van der Waals surface area contributed by atoms with Gasteiger partial charge < -0.3 is 10.4 Å². The van der Waals surface area contributed by atoms with Crippen LogP contribution in [0.15, 0.2) is 35.7 Å². The van der Waals surface area contributed by atoms with Crippen LogP contribution in [-0.2, 0) is 11.8 Å². The molecule has 0 bridgehead atoms. The zero-order valence-corrected chi connectivity index (χ0v) is 15.7. The maximum atomic E-state index is 12.6. The molecule has 2 amide bonds. The monoisotopic (exact) mass is 370 g/mol. The van der Waals surface area contributed by atoms with Crippen molar-refractivity contribution >= 4 is 23.2 Å². The summed E-state index contributed by atoms with van der Waals surface area (Å²) in [6, 6.07) is 6.20. The first-order chi connectivity index (χ1) is 12.8. The van der Waals surface area contributed by atoms with Gasteiger partial charge in [-0.15, -0.1) is 0 Å². The van der Waals surface area contributed by atoms with Gasteiger partial charge in [0.1, 0.15) is 12.2 Å².